The summed E-state index contributed by atoms with van der Waals surface area (Å²) in [6.07, 6.45) is 8.40. The second-order valence-electron chi connectivity index (χ2n) is 6.89. The Morgan fingerprint density at radius 3 is 2.50 bits per heavy atom. The Balaban J connectivity index is 1.67. The van der Waals surface area contributed by atoms with E-state index < -0.39 is 0 Å². The van der Waals surface area contributed by atoms with Crippen molar-refractivity contribution in [3.63, 3.8) is 0 Å². The lowest BCUT2D eigenvalue weighted by molar-refractivity contribution is 0.0663. The van der Waals surface area contributed by atoms with Gasteiger partial charge in [-0.3, -0.25) is 4.79 Å². The Bertz CT molecular complexity index is 760. The van der Waals surface area contributed by atoms with E-state index in [9.17, 15) is 9.18 Å². The maximum atomic E-state index is 14.1. The highest BCUT2D eigenvalue weighted by Crippen LogP contribution is 2.36. The first-order chi connectivity index (χ1) is 11.7. The van der Waals surface area contributed by atoms with E-state index in [1.54, 1.807) is 24.4 Å². The smallest absolute Gasteiger partial charge is 0.257 e. The van der Waals surface area contributed by atoms with E-state index in [0.717, 1.165) is 25.7 Å². The standard InChI is InChI=1S/C19H22FN3O/c1-13-16(12-21-23(13)18-9-5-4-8-17(18)20)19(24)22(15-10-11-15)14-6-2-3-7-14/h4-5,8-9,12,14-15H,2-3,6-7,10-11H2,1H3. The fourth-order valence-electron chi connectivity index (χ4n) is 3.79. The molecule has 2 aromatic rings. The van der Waals surface area contributed by atoms with Crippen LogP contribution in [0.3, 0.4) is 0 Å². The van der Waals surface area contributed by atoms with Gasteiger partial charge in [0, 0.05) is 12.1 Å². The topological polar surface area (TPSA) is 38.1 Å². The highest BCUT2D eigenvalue weighted by molar-refractivity contribution is 5.95. The van der Waals surface area contributed by atoms with Crippen LogP contribution in [0.1, 0.15) is 54.6 Å². The van der Waals surface area contributed by atoms with Crippen molar-refractivity contribution in [2.24, 2.45) is 0 Å². The van der Waals surface area contributed by atoms with E-state index in [-0.39, 0.29) is 11.7 Å². The van der Waals surface area contributed by atoms with E-state index in [2.05, 4.69) is 10.00 Å². The van der Waals surface area contributed by atoms with Gasteiger partial charge in [0.15, 0.2) is 0 Å². The molecular formula is C19H22FN3O. The second-order valence-corrected chi connectivity index (χ2v) is 6.89. The first kappa shape index (κ1) is 15.4. The predicted molar refractivity (Wildman–Crippen MR) is 89.7 cm³/mol. The van der Waals surface area contributed by atoms with E-state index >= 15 is 0 Å². The Kier molecular flexibility index (Phi) is 3.87. The van der Waals surface area contributed by atoms with Gasteiger partial charge in [0.05, 0.1) is 17.5 Å². The molecule has 2 saturated carbocycles. The van der Waals surface area contributed by atoms with Crippen molar-refractivity contribution in [1.29, 1.82) is 0 Å². The third kappa shape index (κ3) is 2.62. The van der Waals surface area contributed by atoms with Crippen LogP contribution in [0.15, 0.2) is 30.5 Å². The third-order valence-corrected chi connectivity index (χ3v) is 5.21. The molecule has 1 aromatic heterocycles. The summed E-state index contributed by atoms with van der Waals surface area (Å²) in [5.74, 6) is -0.276. The number of hydrogen-bond donors (Lipinski definition) is 0. The SMILES string of the molecule is Cc1c(C(=O)N(C2CCCC2)C2CC2)cnn1-c1ccccc1F. The Labute approximate surface area is 141 Å². The lowest BCUT2D eigenvalue weighted by Gasteiger charge is -2.29. The van der Waals surface area contributed by atoms with Gasteiger partial charge in [0.2, 0.25) is 0 Å². The molecule has 0 spiro atoms. The number of para-hydroxylation sites is 1. The van der Waals surface area contributed by atoms with Crippen LogP contribution in [0, 0.1) is 12.7 Å². The summed E-state index contributed by atoms with van der Waals surface area (Å²) in [5.41, 5.74) is 1.68. The zero-order valence-corrected chi connectivity index (χ0v) is 13.9. The molecular weight excluding hydrogens is 305 g/mol. The van der Waals surface area contributed by atoms with Crippen LogP contribution in [0.5, 0.6) is 0 Å². The van der Waals surface area contributed by atoms with Crippen LogP contribution >= 0.6 is 0 Å². The van der Waals surface area contributed by atoms with Crippen molar-refractivity contribution in [2.75, 3.05) is 0 Å². The average molecular weight is 327 g/mol. The highest BCUT2D eigenvalue weighted by Gasteiger charge is 2.39. The van der Waals surface area contributed by atoms with Gasteiger partial charge in [0.25, 0.3) is 5.91 Å². The molecule has 2 aliphatic carbocycles. The van der Waals surface area contributed by atoms with Crippen LogP contribution in [0.25, 0.3) is 5.69 Å². The molecule has 4 rings (SSSR count). The molecule has 0 N–H and O–H groups in total. The summed E-state index contributed by atoms with van der Waals surface area (Å²) in [4.78, 5) is 15.2. The molecule has 0 aliphatic heterocycles. The van der Waals surface area contributed by atoms with Crippen LogP contribution in [0.4, 0.5) is 4.39 Å². The van der Waals surface area contributed by atoms with Crippen molar-refractivity contribution < 1.29 is 9.18 Å². The molecule has 2 fully saturated rings. The number of nitrogens with zero attached hydrogens (tertiary/aromatic N) is 3. The molecule has 24 heavy (non-hydrogen) atoms. The summed E-state index contributed by atoms with van der Waals surface area (Å²) in [6, 6.07) is 7.26. The van der Waals surface area contributed by atoms with Crippen molar-refractivity contribution in [3.05, 3.63) is 47.5 Å². The zero-order valence-electron chi connectivity index (χ0n) is 13.9. The molecule has 1 amide bonds. The van der Waals surface area contributed by atoms with Crippen LogP contribution in [-0.4, -0.2) is 32.7 Å². The van der Waals surface area contributed by atoms with Gasteiger partial charge in [0.1, 0.15) is 11.5 Å². The minimum absolute atomic E-state index is 0.0597. The molecule has 5 heteroatoms. The van der Waals surface area contributed by atoms with Crippen molar-refractivity contribution >= 4 is 5.91 Å². The number of amides is 1. The molecule has 1 aromatic carbocycles. The highest BCUT2D eigenvalue weighted by atomic mass is 19.1. The average Bonchev–Trinajstić information content (AvgIpc) is 3.11. The van der Waals surface area contributed by atoms with Crippen molar-refractivity contribution in [3.8, 4) is 5.69 Å². The molecule has 0 unspecified atom stereocenters. The van der Waals surface area contributed by atoms with E-state index in [4.69, 9.17) is 0 Å². The van der Waals surface area contributed by atoms with Gasteiger partial charge < -0.3 is 4.90 Å². The van der Waals surface area contributed by atoms with E-state index in [0.29, 0.717) is 29.0 Å². The van der Waals surface area contributed by atoms with Crippen molar-refractivity contribution in [2.45, 2.75) is 57.5 Å². The maximum absolute atomic E-state index is 14.1. The minimum atomic E-state index is -0.336. The largest absolute Gasteiger partial charge is 0.333 e. The lowest BCUT2D eigenvalue weighted by atomic mass is 10.1. The fourth-order valence-corrected chi connectivity index (χ4v) is 3.79. The van der Waals surface area contributed by atoms with Gasteiger partial charge in [-0.25, -0.2) is 9.07 Å². The molecule has 2 aliphatic rings. The number of aromatic nitrogens is 2. The Morgan fingerprint density at radius 1 is 1.17 bits per heavy atom. The summed E-state index contributed by atoms with van der Waals surface area (Å²) < 4.78 is 15.6. The van der Waals surface area contributed by atoms with Gasteiger partial charge in [-0.15, -0.1) is 0 Å². The normalized spacial score (nSPS) is 18.1. The summed E-state index contributed by atoms with van der Waals surface area (Å²) in [5, 5.41) is 4.29. The van der Waals surface area contributed by atoms with Crippen LogP contribution in [-0.2, 0) is 0 Å². The number of carbonyl (C=O) groups is 1. The molecule has 0 atom stereocenters. The number of benzene rings is 1. The first-order valence-corrected chi connectivity index (χ1v) is 8.79. The third-order valence-electron chi connectivity index (χ3n) is 5.21. The van der Waals surface area contributed by atoms with Crippen LogP contribution < -0.4 is 0 Å². The molecule has 126 valence electrons. The molecule has 4 nitrogen and oxygen atoms in total. The minimum Gasteiger partial charge on any atom is -0.333 e. The van der Waals surface area contributed by atoms with Crippen LogP contribution in [0.2, 0.25) is 0 Å². The number of hydrogen-bond acceptors (Lipinski definition) is 2. The zero-order chi connectivity index (χ0) is 16.7. The Hall–Kier alpha value is -2.17. The number of rotatable bonds is 4. The number of carbonyl (C=O) groups excluding carboxylic acids is 1. The number of halogens is 1. The summed E-state index contributed by atoms with van der Waals surface area (Å²) >= 11 is 0. The van der Waals surface area contributed by atoms with E-state index in [1.165, 1.54) is 23.6 Å². The lowest BCUT2D eigenvalue weighted by Crippen LogP contribution is -2.40. The fraction of sp³-hybridized carbons (Fsp3) is 0.474. The first-order valence-electron chi connectivity index (χ1n) is 8.79. The van der Waals surface area contributed by atoms with Gasteiger partial charge >= 0.3 is 0 Å². The molecule has 0 saturated heterocycles. The molecule has 1 heterocycles. The van der Waals surface area contributed by atoms with Gasteiger partial charge in [-0.2, -0.15) is 5.10 Å². The second kappa shape index (κ2) is 6.04. The maximum Gasteiger partial charge on any atom is 0.257 e. The van der Waals surface area contributed by atoms with Gasteiger partial charge in [-0.1, -0.05) is 25.0 Å². The molecule has 0 bridgehead atoms. The quantitative estimate of drug-likeness (QED) is 0.855. The summed E-state index contributed by atoms with van der Waals surface area (Å²) in [6.45, 7) is 1.84. The molecule has 0 radical (unpaired) electrons. The predicted octanol–water partition coefficient (Wildman–Crippen LogP) is 3.87. The van der Waals surface area contributed by atoms with Crippen molar-refractivity contribution in [1.82, 2.24) is 14.7 Å². The van der Waals surface area contributed by atoms with Gasteiger partial charge in [-0.05, 0) is 44.7 Å². The Morgan fingerprint density at radius 2 is 1.83 bits per heavy atom. The summed E-state index contributed by atoms with van der Waals surface area (Å²) in [7, 11) is 0. The van der Waals surface area contributed by atoms with E-state index in [1.807, 2.05) is 6.92 Å². The monoisotopic (exact) mass is 327 g/mol.